The first-order valence-electron chi connectivity index (χ1n) is 7.64. The Morgan fingerprint density at radius 2 is 1.61 bits per heavy atom. The zero-order valence-electron chi connectivity index (χ0n) is 13.4. The molecule has 7 heteroatoms. The van der Waals surface area contributed by atoms with Gasteiger partial charge in [-0.25, -0.2) is 4.79 Å². The lowest BCUT2D eigenvalue weighted by Gasteiger charge is -2.32. The summed E-state index contributed by atoms with van der Waals surface area (Å²) in [7, 11) is 0. The molecular formula is C16H22N4O3. The van der Waals surface area contributed by atoms with Gasteiger partial charge in [0.05, 0.1) is 0 Å². The molecule has 1 aromatic carbocycles. The molecule has 0 saturated carbocycles. The molecule has 3 N–H and O–H groups in total. The van der Waals surface area contributed by atoms with Crippen molar-refractivity contribution in [1.29, 1.82) is 0 Å². The quantitative estimate of drug-likeness (QED) is 0.793. The molecule has 1 saturated heterocycles. The first-order chi connectivity index (χ1) is 10.9. The highest BCUT2D eigenvalue weighted by molar-refractivity contribution is 5.92. The number of nitrogens with zero attached hydrogens (tertiary/aromatic N) is 1. The number of urea groups is 1. The van der Waals surface area contributed by atoms with Gasteiger partial charge in [-0.05, 0) is 31.0 Å². The van der Waals surface area contributed by atoms with Crippen molar-refractivity contribution >= 4 is 29.2 Å². The minimum absolute atomic E-state index is 0.0392. The van der Waals surface area contributed by atoms with E-state index in [9.17, 15) is 14.4 Å². The van der Waals surface area contributed by atoms with Crippen LogP contribution in [0.3, 0.4) is 0 Å². The van der Waals surface area contributed by atoms with Crippen LogP contribution in [0.15, 0.2) is 24.3 Å². The predicted octanol–water partition coefficient (Wildman–Crippen LogP) is 1.78. The molecule has 1 fully saturated rings. The molecule has 4 amide bonds. The minimum Gasteiger partial charge on any atom is -0.353 e. The molecule has 0 bridgehead atoms. The standard InChI is InChI=1S/C16H22N4O3/c1-11(21)17-13-6-8-20(9-7-13)16(23)19-15-5-3-4-14(10-15)18-12(2)22/h3-5,10,13H,6-9H2,1-2H3,(H,17,21)(H,18,22)(H,19,23). The Bertz CT molecular complexity index is 595. The molecule has 0 unspecified atom stereocenters. The zero-order chi connectivity index (χ0) is 16.8. The van der Waals surface area contributed by atoms with E-state index in [1.54, 1.807) is 29.2 Å². The lowest BCUT2D eigenvalue weighted by atomic mass is 10.1. The second-order valence-corrected chi connectivity index (χ2v) is 5.65. The number of hydrogen-bond acceptors (Lipinski definition) is 3. The highest BCUT2D eigenvalue weighted by atomic mass is 16.2. The average Bonchev–Trinajstić information content (AvgIpc) is 2.47. The van der Waals surface area contributed by atoms with Crippen molar-refractivity contribution in [1.82, 2.24) is 10.2 Å². The van der Waals surface area contributed by atoms with E-state index < -0.39 is 0 Å². The van der Waals surface area contributed by atoms with Gasteiger partial charge in [0.1, 0.15) is 0 Å². The summed E-state index contributed by atoms with van der Waals surface area (Å²) in [5.74, 6) is -0.198. The van der Waals surface area contributed by atoms with E-state index in [4.69, 9.17) is 0 Å². The molecule has 0 atom stereocenters. The van der Waals surface area contributed by atoms with Gasteiger partial charge < -0.3 is 20.9 Å². The van der Waals surface area contributed by atoms with Crippen LogP contribution >= 0.6 is 0 Å². The van der Waals surface area contributed by atoms with E-state index in [-0.39, 0.29) is 23.9 Å². The van der Waals surface area contributed by atoms with E-state index in [1.807, 2.05) is 0 Å². The Morgan fingerprint density at radius 3 is 2.17 bits per heavy atom. The van der Waals surface area contributed by atoms with Crippen molar-refractivity contribution in [3.05, 3.63) is 24.3 Å². The van der Waals surface area contributed by atoms with Crippen molar-refractivity contribution in [2.24, 2.45) is 0 Å². The highest BCUT2D eigenvalue weighted by Crippen LogP contribution is 2.17. The number of carbonyl (C=O) groups excluding carboxylic acids is 3. The Morgan fingerprint density at radius 1 is 1.00 bits per heavy atom. The molecule has 7 nitrogen and oxygen atoms in total. The van der Waals surface area contributed by atoms with Gasteiger partial charge in [0.15, 0.2) is 0 Å². The maximum atomic E-state index is 12.3. The number of anilines is 2. The van der Waals surface area contributed by atoms with E-state index >= 15 is 0 Å². The molecule has 2 rings (SSSR count). The monoisotopic (exact) mass is 318 g/mol. The molecule has 0 aromatic heterocycles. The number of likely N-dealkylation sites (tertiary alicyclic amines) is 1. The summed E-state index contributed by atoms with van der Waals surface area (Å²) < 4.78 is 0. The molecule has 0 radical (unpaired) electrons. The van der Waals surface area contributed by atoms with Crippen molar-refractivity contribution in [2.75, 3.05) is 23.7 Å². The topological polar surface area (TPSA) is 90.5 Å². The Kier molecular flexibility index (Phi) is 5.56. The average molecular weight is 318 g/mol. The normalized spacial score (nSPS) is 15.0. The van der Waals surface area contributed by atoms with Crippen molar-refractivity contribution in [3.63, 3.8) is 0 Å². The number of amides is 4. The largest absolute Gasteiger partial charge is 0.353 e. The molecule has 0 spiro atoms. The third kappa shape index (κ3) is 5.28. The molecule has 1 aliphatic rings. The highest BCUT2D eigenvalue weighted by Gasteiger charge is 2.23. The summed E-state index contributed by atoms with van der Waals surface area (Å²) in [5, 5.41) is 8.39. The fourth-order valence-electron chi connectivity index (χ4n) is 2.59. The third-order valence-electron chi connectivity index (χ3n) is 3.62. The van der Waals surface area contributed by atoms with Crippen molar-refractivity contribution < 1.29 is 14.4 Å². The maximum absolute atomic E-state index is 12.3. The lowest BCUT2D eigenvalue weighted by Crippen LogP contribution is -2.47. The summed E-state index contributed by atoms with van der Waals surface area (Å²) in [4.78, 5) is 36.1. The SMILES string of the molecule is CC(=O)Nc1cccc(NC(=O)N2CCC(NC(C)=O)CC2)c1. The number of benzene rings is 1. The molecule has 1 aliphatic heterocycles. The summed E-state index contributed by atoms with van der Waals surface area (Å²) in [6.07, 6.45) is 1.50. The number of carbonyl (C=O) groups is 3. The van der Waals surface area contributed by atoms with Crippen LogP contribution in [-0.4, -0.2) is 41.9 Å². The smallest absolute Gasteiger partial charge is 0.321 e. The van der Waals surface area contributed by atoms with Gasteiger partial charge in [-0.3, -0.25) is 9.59 Å². The van der Waals surface area contributed by atoms with E-state index in [0.717, 1.165) is 12.8 Å². The Labute approximate surface area is 135 Å². The van der Waals surface area contributed by atoms with E-state index in [2.05, 4.69) is 16.0 Å². The van der Waals surface area contributed by atoms with Gasteiger partial charge in [0.25, 0.3) is 0 Å². The number of rotatable bonds is 3. The van der Waals surface area contributed by atoms with Gasteiger partial charge in [-0.2, -0.15) is 0 Å². The summed E-state index contributed by atoms with van der Waals surface area (Å²) >= 11 is 0. The van der Waals surface area contributed by atoms with Crippen molar-refractivity contribution in [2.45, 2.75) is 32.7 Å². The molecule has 1 aromatic rings. The molecule has 1 heterocycles. The minimum atomic E-state index is -0.175. The molecule has 23 heavy (non-hydrogen) atoms. The van der Waals surface area contributed by atoms with Crippen molar-refractivity contribution in [3.8, 4) is 0 Å². The zero-order valence-corrected chi connectivity index (χ0v) is 13.4. The number of piperidine rings is 1. The van der Waals surface area contributed by atoms with Gasteiger partial charge in [0.2, 0.25) is 11.8 Å². The molecule has 0 aliphatic carbocycles. The van der Waals surface area contributed by atoms with Crippen LogP contribution < -0.4 is 16.0 Å². The fourth-order valence-corrected chi connectivity index (χ4v) is 2.59. The van der Waals surface area contributed by atoms with Crippen LogP contribution in [0.5, 0.6) is 0 Å². The summed E-state index contributed by atoms with van der Waals surface area (Å²) in [6.45, 7) is 4.13. The van der Waals surface area contributed by atoms with Crippen LogP contribution in [0.4, 0.5) is 16.2 Å². The van der Waals surface area contributed by atoms with E-state index in [1.165, 1.54) is 13.8 Å². The second-order valence-electron chi connectivity index (χ2n) is 5.65. The van der Waals surface area contributed by atoms with Crippen LogP contribution in [0, 0.1) is 0 Å². The number of hydrogen-bond donors (Lipinski definition) is 3. The Hall–Kier alpha value is -2.57. The maximum Gasteiger partial charge on any atom is 0.321 e. The lowest BCUT2D eigenvalue weighted by molar-refractivity contribution is -0.120. The molecular weight excluding hydrogens is 296 g/mol. The van der Waals surface area contributed by atoms with Crippen LogP contribution in [0.25, 0.3) is 0 Å². The van der Waals surface area contributed by atoms with Gasteiger partial charge in [-0.15, -0.1) is 0 Å². The van der Waals surface area contributed by atoms with Crippen LogP contribution in [0.1, 0.15) is 26.7 Å². The second kappa shape index (κ2) is 7.62. The van der Waals surface area contributed by atoms with E-state index in [0.29, 0.717) is 24.5 Å². The predicted molar refractivity (Wildman–Crippen MR) is 88.2 cm³/mol. The van der Waals surface area contributed by atoms with Gasteiger partial charge in [-0.1, -0.05) is 6.07 Å². The fraction of sp³-hybridized carbons (Fsp3) is 0.438. The third-order valence-corrected chi connectivity index (χ3v) is 3.62. The Balaban J connectivity index is 1.88. The molecule has 124 valence electrons. The first-order valence-corrected chi connectivity index (χ1v) is 7.64. The van der Waals surface area contributed by atoms with Crippen LogP contribution in [0.2, 0.25) is 0 Å². The van der Waals surface area contributed by atoms with Crippen LogP contribution in [-0.2, 0) is 9.59 Å². The summed E-state index contributed by atoms with van der Waals surface area (Å²) in [5.41, 5.74) is 1.27. The first kappa shape index (κ1) is 16.8. The van der Waals surface area contributed by atoms with Gasteiger partial charge >= 0.3 is 6.03 Å². The number of nitrogens with one attached hydrogen (secondary N) is 3. The van der Waals surface area contributed by atoms with Gasteiger partial charge in [0, 0.05) is 44.4 Å². The summed E-state index contributed by atoms with van der Waals surface area (Å²) in [6, 6.07) is 6.97.